The van der Waals surface area contributed by atoms with Gasteiger partial charge in [-0.2, -0.15) is 8.42 Å². The van der Waals surface area contributed by atoms with Crippen LogP contribution >= 0.6 is 0 Å². The van der Waals surface area contributed by atoms with Crippen molar-refractivity contribution in [2.24, 2.45) is 0 Å². The summed E-state index contributed by atoms with van der Waals surface area (Å²) in [6.45, 7) is 4.66. The van der Waals surface area contributed by atoms with Gasteiger partial charge in [-0.25, -0.2) is 0 Å². The van der Waals surface area contributed by atoms with E-state index in [1.54, 1.807) is 13.8 Å². The summed E-state index contributed by atoms with van der Waals surface area (Å²) in [5, 5.41) is 0. The van der Waals surface area contributed by atoms with Gasteiger partial charge in [0, 0.05) is 0 Å². The maximum absolute atomic E-state index is 10.6. The second-order valence-corrected chi connectivity index (χ2v) is 3.54. The molecule has 0 aliphatic rings. The van der Waals surface area contributed by atoms with Crippen molar-refractivity contribution < 1.29 is 13.0 Å². The number of hydrogen-bond donors (Lipinski definition) is 1. The van der Waals surface area contributed by atoms with Crippen molar-refractivity contribution in [1.82, 2.24) is 0 Å². The Labute approximate surface area is 66.9 Å². The van der Waals surface area contributed by atoms with Gasteiger partial charge >= 0.3 is 10.1 Å². The van der Waals surface area contributed by atoms with Gasteiger partial charge in [-0.05, 0) is 26.3 Å². The fourth-order valence-electron chi connectivity index (χ4n) is 0.561. The zero-order chi connectivity index (χ0) is 9.07. The smallest absolute Gasteiger partial charge is 0.281 e. The Morgan fingerprint density at radius 1 is 1.36 bits per heavy atom. The van der Waals surface area contributed by atoms with Crippen LogP contribution in [0.5, 0.6) is 0 Å². The van der Waals surface area contributed by atoms with Crippen LogP contribution in [0.1, 0.15) is 20.8 Å². The maximum atomic E-state index is 10.6. The first-order valence-corrected chi connectivity index (χ1v) is 4.41. The maximum Gasteiger partial charge on any atom is 0.302 e. The molecule has 0 aromatic rings. The molecule has 0 rings (SSSR count). The van der Waals surface area contributed by atoms with Crippen molar-refractivity contribution >= 4 is 10.1 Å². The molecule has 3 nitrogen and oxygen atoms in total. The van der Waals surface area contributed by atoms with Crippen molar-refractivity contribution in [2.75, 3.05) is 0 Å². The molecule has 0 bridgehead atoms. The highest BCUT2D eigenvalue weighted by molar-refractivity contribution is 7.90. The standard InChI is InChI=1S/C7H10O3S/c1-4-5-7(6(2)3)11(8,9)10/h1-3H3,(H,8,9,10). The minimum atomic E-state index is -4.12. The molecule has 0 amide bonds. The van der Waals surface area contributed by atoms with E-state index in [2.05, 4.69) is 11.8 Å². The Balaban J connectivity index is 5.26. The first-order chi connectivity index (χ1) is 4.89. The fraction of sp³-hybridized carbons (Fsp3) is 0.429. The number of rotatable bonds is 1. The zero-order valence-electron chi connectivity index (χ0n) is 6.67. The molecule has 0 fully saturated rings. The molecule has 1 N–H and O–H groups in total. The lowest BCUT2D eigenvalue weighted by Crippen LogP contribution is -2.01. The summed E-state index contributed by atoms with van der Waals surface area (Å²) >= 11 is 0. The highest BCUT2D eigenvalue weighted by atomic mass is 32.2. The molecular formula is C7H10O3S. The van der Waals surface area contributed by atoms with Gasteiger partial charge in [-0.1, -0.05) is 5.92 Å². The molecule has 0 atom stereocenters. The van der Waals surface area contributed by atoms with Crippen LogP contribution in [0.2, 0.25) is 0 Å². The molecular weight excluding hydrogens is 164 g/mol. The van der Waals surface area contributed by atoms with E-state index >= 15 is 0 Å². The molecule has 0 saturated heterocycles. The Kier molecular flexibility index (Phi) is 3.30. The molecule has 0 radical (unpaired) electrons. The highest BCUT2D eigenvalue weighted by Crippen LogP contribution is 2.08. The van der Waals surface area contributed by atoms with E-state index < -0.39 is 10.1 Å². The van der Waals surface area contributed by atoms with Crippen molar-refractivity contribution in [2.45, 2.75) is 20.8 Å². The average Bonchev–Trinajstić information content (AvgIpc) is 1.79. The van der Waals surface area contributed by atoms with Gasteiger partial charge in [0.05, 0.1) is 0 Å². The minimum absolute atomic E-state index is 0.208. The summed E-state index contributed by atoms with van der Waals surface area (Å²) in [5.41, 5.74) is 0.488. The SMILES string of the molecule is CC#CC(=C(C)C)S(=O)(=O)O. The average molecular weight is 174 g/mol. The van der Waals surface area contributed by atoms with E-state index in [9.17, 15) is 8.42 Å². The molecule has 0 saturated carbocycles. The van der Waals surface area contributed by atoms with Gasteiger partial charge in [0.15, 0.2) is 0 Å². The lowest BCUT2D eigenvalue weighted by Gasteiger charge is -1.95. The Morgan fingerprint density at radius 2 is 1.82 bits per heavy atom. The van der Waals surface area contributed by atoms with Crippen LogP contribution in [0.3, 0.4) is 0 Å². The van der Waals surface area contributed by atoms with E-state index in [0.717, 1.165) is 0 Å². The molecule has 0 aromatic heterocycles. The monoisotopic (exact) mass is 174 g/mol. The number of allylic oxidation sites excluding steroid dienone is 2. The highest BCUT2D eigenvalue weighted by Gasteiger charge is 2.11. The second kappa shape index (κ2) is 3.56. The Bertz CT molecular complexity index is 320. The Morgan fingerprint density at radius 3 is 1.91 bits per heavy atom. The first kappa shape index (κ1) is 10.2. The third-order valence-corrected chi connectivity index (χ3v) is 1.98. The van der Waals surface area contributed by atoms with Crippen LogP contribution in [0, 0.1) is 11.8 Å². The van der Waals surface area contributed by atoms with E-state index in [0.29, 0.717) is 5.57 Å². The predicted octanol–water partition coefficient (Wildman–Crippen LogP) is 1.19. The van der Waals surface area contributed by atoms with E-state index in [1.807, 2.05) is 0 Å². The van der Waals surface area contributed by atoms with Gasteiger partial charge in [-0.3, -0.25) is 4.55 Å². The largest absolute Gasteiger partial charge is 0.302 e. The summed E-state index contributed by atoms with van der Waals surface area (Å²) < 4.78 is 29.7. The van der Waals surface area contributed by atoms with Crippen LogP contribution in [0.25, 0.3) is 0 Å². The van der Waals surface area contributed by atoms with E-state index in [1.165, 1.54) is 6.92 Å². The Hall–Kier alpha value is -0.790. The molecule has 0 spiro atoms. The van der Waals surface area contributed by atoms with Crippen molar-refractivity contribution in [1.29, 1.82) is 0 Å². The molecule has 4 heteroatoms. The normalized spacial score (nSPS) is 9.82. The summed E-state index contributed by atoms with van der Waals surface area (Å²) in [6, 6.07) is 0. The van der Waals surface area contributed by atoms with Gasteiger partial charge in [-0.15, -0.1) is 5.92 Å². The topological polar surface area (TPSA) is 54.4 Å². The van der Waals surface area contributed by atoms with Gasteiger partial charge in [0.1, 0.15) is 4.91 Å². The van der Waals surface area contributed by atoms with Gasteiger partial charge < -0.3 is 0 Å². The summed E-state index contributed by atoms with van der Waals surface area (Å²) in [5.74, 6) is 4.72. The van der Waals surface area contributed by atoms with Crippen LogP contribution < -0.4 is 0 Å². The quantitative estimate of drug-likeness (QED) is 0.480. The third-order valence-electron chi connectivity index (χ3n) is 0.951. The lowest BCUT2D eigenvalue weighted by atomic mass is 10.3. The number of hydrogen-bond acceptors (Lipinski definition) is 2. The predicted molar refractivity (Wildman–Crippen MR) is 43.4 cm³/mol. The van der Waals surface area contributed by atoms with Gasteiger partial charge in [0.2, 0.25) is 0 Å². The summed E-state index contributed by atoms with van der Waals surface area (Å²) in [6.07, 6.45) is 0. The summed E-state index contributed by atoms with van der Waals surface area (Å²) in [7, 11) is -4.12. The van der Waals surface area contributed by atoms with E-state index in [-0.39, 0.29) is 4.91 Å². The van der Waals surface area contributed by atoms with Crippen molar-refractivity contribution in [3.05, 3.63) is 10.5 Å². The van der Waals surface area contributed by atoms with Crippen molar-refractivity contribution in [3.8, 4) is 11.8 Å². The van der Waals surface area contributed by atoms with E-state index in [4.69, 9.17) is 4.55 Å². The fourth-order valence-corrected chi connectivity index (χ4v) is 1.31. The van der Waals surface area contributed by atoms with Crippen LogP contribution in [0.4, 0.5) is 0 Å². The minimum Gasteiger partial charge on any atom is -0.281 e. The van der Waals surface area contributed by atoms with Gasteiger partial charge in [0.25, 0.3) is 0 Å². The van der Waals surface area contributed by atoms with Crippen LogP contribution in [-0.2, 0) is 10.1 Å². The molecule has 62 valence electrons. The first-order valence-electron chi connectivity index (χ1n) is 2.97. The van der Waals surface area contributed by atoms with Crippen LogP contribution in [-0.4, -0.2) is 13.0 Å². The second-order valence-electron chi connectivity index (χ2n) is 2.18. The van der Waals surface area contributed by atoms with Crippen LogP contribution in [0.15, 0.2) is 10.5 Å². The summed E-state index contributed by atoms with van der Waals surface area (Å²) in [4.78, 5) is -0.208. The lowest BCUT2D eigenvalue weighted by molar-refractivity contribution is 0.492. The molecule has 0 aromatic carbocycles. The third kappa shape index (κ3) is 3.21. The molecule has 0 heterocycles. The molecule has 0 unspecified atom stereocenters. The zero-order valence-corrected chi connectivity index (χ0v) is 7.49. The van der Waals surface area contributed by atoms with Crippen molar-refractivity contribution in [3.63, 3.8) is 0 Å². The molecule has 0 aliphatic heterocycles. The molecule has 0 aliphatic carbocycles. The molecule has 11 heavy (non-hydrogen) atoms.